The van der Waals surface area contributed by atoms with Gasteiger partial charge in [-0.25, -0.2) is 8.42 Å². The minimum Gasteiger partial charge on any atom is -0.497 e. The highest BCUT2D eigenvalue weighted by molar-refractivity contribution is 14.0. The van der Waals surface area contributed by atoms with Crippen molar-refractivity contribution in [2.24, 2.45) is 4.99 Å². The fourth-order valence-corrected chi connectivity index (χ4v) is 2.92. The number of nitrogens with one attached hydrogen (secondary N) is 2. The number of hydrogen-bond donors (Lipinski definition) is 2. The second kappa shape index (κ2) is 12.3. The van der Waals surface area contributed by atoms with E-state index in [1.165, 1.54) is 11.8 Å². The van der Waals surface area contributed by atoms with E-state index >= 15 is 0 Å². The molecule has 25 heavy (non-hydrogen) atoms. The summed E-state index contributed by atoms with van der Waals surface area (Å²) in [6.45, 7) is 5.35. The lowest BCUT2D eigenvalue weighted by Gasteiger charge is -2.17. The van der Waals surface area contributed by atoms with E-state index in [1.807, 2.05) is 38.1 Å². The van der Waals surface area contributed by atoms with Crippen LogP contribution in [0.2, 0.25) is 0 Å². The van der Waals surface area contributed by atoms with Crippen molar-refractivity contribution in [1.82, 2.24) is 10.6 Å². The van der Waals surface area contributed by atoms with Crippen molar-refractivity contribution in [1.29, 1.82) is 0 Å². The van der Waals surface area contributed by atoms with Gasteiger partial charge in [-0.2, -0.15) is 0 Å². The average Bonchev–Trinajstić information content (AvgIpc) is 2.52. The van der Waals surface area contributed by atoms with Gasteiger partial charge in [-0.1, -0.05) is 12.1 Å². The van der Waals surface area contributed by atoms with Crippen molar-refractivity contribution in [3.8, 4) is 5.75 Å². The van der Waals surface area contributed by atoms with Crippen LogP contribution in [-0.4, -0.2) is 52.6 Å². The number of rotatable bonds is 9. The molecule has 2 N–H and O–H groups in total. The molecule has 0 bridgehead atoms. The SMILES string of the molecule is CCNC(=NCCc1cccc(OC)c1)NC(C)CCS(C)(=O)=O.I. The first kappa shape index (κ1) is 24.0. The lowest BCUT2D eigenvalue weighted by Crippen LogP contribution is -2.43. The van der Waals surface area contributed by atoms with Crippen LogP contribution in [0, 0.1) is 0 Å². The van der Waals surface area contributed by atoms with Crippen LogP contribution in [-0.2, 0) is 16.3 Å². The van der Waals surface area contributed by atoms with Crippen LogP contribution in [0.1, 0.15) is 25.8 Å². The minimum absolute atomic E-state index is 0. The molecule has 0 aromatic heterocycles. The van der Waals surface area contributed by atoms with Gasteiger partial charge in [0.05, 0.1) is 12.9 Å². The Bertz CT molecular complexity index is 636. The summed E-state index contributed by atoms with van der Waals surface area (Å²) in [7, 11) is -1.28. The number of halogens is 1. The van der Waals surface area contributed by atoms with Gasteiger partial charge in [-0.3, -0.25) is 4.99 Å². The Morgan fingerprint density at radius 3 is 2.68 bits per heavy atom. The number of hydrogen-bond acceptors (Lipinski definition) is 4. The third-order valence-electron chi connectivity index (χ3n) is 3.45. The number of aliphatic imine (C=N–C) groups is 1. The van der Waals surface area contributed by atoms with Crippen molar-refractivity contribution in [3.05, 3.63) is 29.8 Å². The molecule has 0 saturated carbocycles. The Hall–Kier alpha value is -1.03. The third kappa shape index (κ3) is 11.2. The molecule has 0 fully saturated rings. The fraction of sp³-hybridized carbons (Fsp3) is 0.588. The molecule has 0 aliphatic heterocycles. The van der Waals surface area contributed by atoms with Crippen LogP contribution in [0.4, 0.5) is 0 Å². The van der Waals surface area contributed by atoms with E-state index in [4.69, 9.17) is 4.74 Å². The predicted molar refractivity (Wildman–Crippen MR) is 115 cm³/mol. The van der Waals surface area contributed by atoms with Crippen LogP contribution in [0.15, 0.2) is 29.3 Å². The smallest absolute Gasteiger partial charge is 0.191 e. The van der Waals surface area contributed by atoms with E-state index in [9.17, 15) is 8.42 Å². The number of ether oxygens (including phenoxy) is 1. The van der Waals surface area contributed by atoms with Gasteiger partial charge in [-0.05, 0) is 44.4 Å². The van der Waals surface area contributed by atoms with Crippen molar-refractivity contribution < 1.29 is 13.2 Å². The summed E-state index contributed by atoms with van der Waals surface area (Å²) in [5.74, 6) is 1.72. The summed E-state index contributed by atoms with van der Waals surface area (Å²) < 4.78 is 27.7. The van der Waals surface area contributed by atoms with E-state index < -0.39 is 9.84 Å². The molecule has 8 heteroatoms. The summed E-state index contributed by atoms with van der Waals surface area (Å²) >= 11 is 0. The molecular weight excluding hydrogens is 453 g/mol. The van der Waals surface area contributed by atoms with Crippen LogP contribution in [0.25, 0.3) is 0 Å². The summed E-state index contributed by atoms with van der Waals surface area (Å²) in [4.78, 5) is 4.55. The monoisotopic (exact) mass is 483 g/mol. The lowest BCUT2D eigenvalue weighted by molar-refractivity contribution is 0.414. The van der Waals surface area contributed by atoms with Gasteiger partial charge in [0.2, 0.25) is 0 Å². The maximum absolute atomic E-state index is 11.2. The number of sulfone groups is 1. The Labute approximate surface area is 168 Å². The Morgan fingerprint density at radius 2 is 2.08 bits per heavy atom. The molecule has 0 heterocycles. The van der Waals surface area contributed by atoms with Crippen molar-refractivity contribution >= 4 is 39.8 Å². The maximum Gasteiger partial charge on any atom is 0.191 e. The molecular formula is C17H30IN3O3S. The number of benzene rings is 1. The van der Waals surface area contributed by atoms with Crippen LogP contribution in [0.5, 0.6) is 5.75 Å². The summed E-state index contributed by atoms with van der Waals surface area (Å²) in [6, 6.07) is 7.98. The molecule has 0 radical (unpaired) electrons. The molecule has 1 aromatic rings. The minimum atomic E-state index is -2.94. The zero-order chi connectivity index (χ0) is 18.0. The first-order chi connectivity index (χ1) is 11.3. The molecule has 0 spiro atoms. The van der Waals surface area contributed by atoms with Gasteiger partial charge in [0.15, 0.2) is 5.96 Å². The van der Waals surface area contributed by atoms with Crippen LogP contribution < -0.4 is 15.4 Å². The maximum atomic E-state index is 11.2. The molecule has 6 nitrogen and oxygen atoms in total. The van der Waals surface area contributed by atoms with Crippen LogP contribution in [0.3, 0.4) is 0 Å². The molecule has 1 rings (SSSR count). The van der Waals surface area contributed by atoms with Gasteiger partial charge < -0.3 is 15.4 Å². The molecule has 1 aromatic carbocycles. The number of guanidine groups is 1. The lowest BCUT2D eigenvalue weighted by atomic mass is 10.1. The quantitative estimate of drug-likeness (QED) is 0.320. The highest BCUT2D eigenvalue weighted by atomic mass is 127. The topological polar surface area (TPSA) is 79.8 Å². The highest BCUT2D eigenvalue weighted by Crippen LogP contribution is 2.12. The second-order valence-electron chi connectivity index (χ2n) is 5.83. The van der Waals surface area contributed by atoms with Crippen molar-refractivity contribution in [3.63, 3.8) is 0 Å². The van der Waals surface area contributed by atoms with E-state index in [-0.39, 0.29) is 35.8 Å². The van der Waals surface area contributed by atoms with E-state index in [0.717, 1.165) is 18.7 Å². The third-order valence-corrected chi connectivity index (χ3v) is 4.43. The van der Waals surface area contributed by atoms with Gasteiger partial charge in [0.25, 0.3) is 0 Å². The van der Waals surface area contributed by atoms with Crippen molar-refractivity contribution in [2.45, 2.75) is 32.7 Å². The normalized spacial score (nSPS) is 12.9. The number of nitrogens with zero attached hydrogens (tertiary/aromatic N) is 1. The van der Waals surface area contributed by atoms with E-state index in [2.05, 4.69) is 15.6 Å². The molecule has 144 valence electrons. The van der Waals surface area contributed by atoms with Crippen LogP contribution >= 0.6 is 24.0 Å². The molecule has 1 unspecified atom stereocenters. The summed E-state index contributed by atoms with van der Waals surface area (Å²) in [5.41, 5.74) is 1.17. The highest BCUT2D eigenvalue weighted by Gasteiger charge is 2.09. The summed E-state index contributed by atoms with van der Waals surface area (Å²) in [6.07, 6.45) is 2.62. The van der Waals surface area contributed by atoms with Gasteiger partial charge in [0.1, 0.15) is 15.6 Å². The summed E-state index contributed by atoms with van der Waals surface area (Å²) in [5, 5.41) is 6.43. The second-order valence-corrected chi connectivity index (χ2v) is 8.09. The standard InChI is InChI=1S/C17H29N3O3S.HI/c1-5-18-17(20-14(2)10-12-24(4,21)22)19-11-9-15-7-6-8-16(13-15)23-3;/h6-8,13-14H,5,9-12H2,1-4H3,(H2,18,19,20);1H. The van der Waals surface area contributed by atoms with E-state index in [0.29, 0.717) is 18.9 Å². The largest absolute Gasteiger partial charge is 0.497 e. The Balaban J connectivity index is 0.00000576. The zero-order valence-electron chi connectivity index (χ0n) is 15.4. The molecule has 1 atom stereocenters. The zero-order valence-corrected chi connectivity index (χ0v) is 18.6. The molecule has 0 saturated heterocycles. The fourth-order valence-electron chi connectivity index (χ4n) is 2.14. The first-order valence-electron chi connectivity index (χ1n) is 8.19. The number of methoxy groups -OCH3 is 1. The first-order valence-corrected chi connectivity index (χ1v) is 10.3. The van der Waals surface area contributed by atoms with Crippen molar-refractivity contribution in [2.75, 3.05) is 32.2 Å². The van der Waals surface area contributed by atoms with Gasteiger partial charge in [-0.15, -0.1) is 24.0 Å². The van der Waals surface area contributed by atoms with E-state index in [1.54, 1.807) is 7.11 Å². The van der Waals surface area contributed by atoms with Gasteiger partial charge >= 0.3 is 0 Å². The molecule has 0 amide bonds. The molecule has 0 aliphatic rings. The van der Waals surface area contributed by atoms with Gasteiger partial charge in [0, 0.05) is 25.4 Å². The average molecular weight is 483 g/mol. The molecule has 0 aliphatic carbocycles. The Morgan fingerprint density at radius 1 is 1.36 bits per heavy atom. The predicted octanol–water partition coefficient (Wildman–Crippen LogP) is 2.23. The Kier molecular flexibility index (Phi) is 11.8.